The van der Waals surface area contributed by atoms with Crippen molar-refractivity contribution in [2.45, 2.75) is 18.9 Å². The molecular weight excluding hydrogens is 226 g/mol. The zero-order chi connectivity index (χ0) is 11.7. The van der Waals surface area contributed by atoms with E-state index < -0.39 is 12.0 Å². The topological polar surface area (TPSA) is 63.3 Å². The van der Waals surface area contributed by atoms with Crippen molar-refractivity contribution in [3.63, 3.8) is 0 Å². The van der Waals surface area contributed by atoms with Gasteiger partial charge in [0.05, 0.1) is 0 Å². The second kappa shape index (κ2) is 4.28. The van der Waals surface area contributed by atoms with Crippen molar-refractivity contribution < 1.29 is 9.90 Å². The van der Waals surface area contributed by atoms with Gasteiger partial charge in [-0.3, -0.25) is 4.79 Å². The van der Waals surface area contributed by atoms with Crippen molar-refractivity contribution in [1.29, 1.82) is 0 Å². The number of hydrogen-bond acceptors (Lipinski definition) is 2. The number of allylic oxidation sites excluding steroid dienone is 1. The number of rotatable bonds is 3. The van der Waals surface area contributed by atoms with Gasteiger partial charge in [-0.15, -0.1) is 0 Å². The van der Waals surface area contributed by atoms with Crippen molar-refractivity contribution in [2.75, 3.05) is 0 Å². The molecule has 16 heavy (non-hydrogen) atoms. The fourth-order valence-electron chi connectivity index (χ4n) is 1.91. The van der Waals surface area contributed by atoms with Crippen LogP contribution in [0.1, 0.15) is 17.5 Å². The van der Waals surface area contributed by atoms with Crippen LogP contribution in [0.4, 0.5) is 0 Å². The zero-order valence-corrected chi connectivity index (χ0v) is 9.37. The van der Waals surface area contributed by atoms with E-state index in [2.05, 4.69) is 0 Å². The zero-order valence-electron chi connectivity index (χ0n) is 8.61. The summed E-state index contributed by atoms with van der Waals surface area (Å²) >= 11 is 5.89. The monoisotopic (exact) mass is 237 g/mol. The third-order valence-electron chi connectivity index (χ3n) is 2.74. The van der Waals surface area contributed by atoms with Crippen LogP contribution in [0.15, 0.2) is 24.3 Å². The van der Waals surface area contributed by atoms with E-state index in [-0.39, 0.29) is 0 Å². The highest BCUT2D eigenvalue weighted by molar-refractivity contribution is 6.30. The fourth-order valence-corrected chi connectivity index (χ4v) is 2.10. The molecular formula is C12H12ClNO2. The van der Waals surface area contributed by atoms with Gasteiger partial charge in [-0.2, -0.15) is 0 Å². The van der Waals surface area contributed by atoms with Crippen molar-refractivity contribution in [1.82, 2.24) is 0 Å². The predicted molar refractivity (Wildman–Crippen MR) is 63.4 cm³/mol. The molecule has 1 aliphatic carbocycles. The van der Waals surface area contributed by atoms with Gasteiger partial charge < -0.3 is 10.8 Å². The Labute approximate surface area is 98.5 Å². The van der Waals surface area contributed by atoms with Crippen LogP contribution in [0.5, 0.6) is 0 Å². The standard InChI is InChI=1S/C12H12ClNO2/c13-9-3-4-10-7(5-9)1-2-8(10)6-11(14)12(15)16/h2-5,11H,1,6,14H2,(H,15,16). The molecule has 84 valence electrons. The highest BCUT2D eigenvalue weighted by Gasteiger charge is 2.19. The van der Waals surface area contributed by atoms with Crippen LogP contribution in [0, 0.1) is 0 Å². The Balaban J connectivity index is 2.20. The average molecular weight is 238 g/mol. The van der Waals surface area contributed by atoms with Crippen LogP contribution in [0.25, 0.3) is 5.57 Å². The fraction of sp³-hybridized carbons (Fsp3) is 0.250. The molecule has 4 heteroatoms. The van der Waals surface area contributed by atoms with Crippen LogP contribution < -0.4 is 5.73 Å². The molecule has 1 unspecified atom stereocenters. The summed E-state index contributed by atoms with van der Waals surface area (Å²) in [7, 11) is 0. The molecule has 0 amide bonds. The van der Waals surface area contributed by atoms with E-state index in [1.54, 1.807) is 0 Å². The molecule has 1 aromatic carbocycles. The van der Waals surface area contributed by atoms with Crippen LogP contribution >= 0.6 is 11.6 Å². The van der Waals surface area contributed by atoms with Gasteiger partial charge in [0.15, 0.2) is 0 Å². The van der Waals surface area contributed by atoms with Crippen LogP contribution in [-0.2, 0) is 11.2 Å². The number of carboxylic acid groups (broad SMARTS) is 1. The molecule has 1 aromatic rings. The summed E-state index contributed by atoms with van der Waals surface area (Å²) in [6.45, 7) is 0. The Morgan fingerprint density at radius 2 is 2.31 bits per heavy atom. The number of aliphatic carboxylic acids is 1. The van der Waals surface area contributed by atoms with Crippen molar-refractivity contribution in [2.24, 2.45) is 5.73 Å². The van der Waals surface area contributed by atoms with Crippen molar-refractivity contribution in [3.05, 3.63) is 40.4 Å². The molecule has 0 aliphatic heterocycles. The third kappa shape index (κ3) is 2.10. The van der Waals surface area contributed by atoms with Gasteiger partial charge >= 0.3 is 5.97 Å². The van der Waals surface area contributed by atoms with Gasteiger partial charge in [0.1, 0.15) is 6.04 Å². The number of carbonyl (C=O) groups is 1. The largest absolute Gasteiger partial charge is 0.480 e. The van der Waals surface area contributed by atoms with Crippen LogP contribution in [0.2, 0.25) is 5.02 Å². The lowest BCUT2D eigenvalue weighted by molar-refractivity contribution is -0.138. The van der Waals surface area contributed by atoms with Gasteiger partial charge in [-0.25, -0.2) is 0 Å². The minimum Gasteiger partial charge on any atom is -0.480 e. The second-order valence-corrected chi connectivity index (χ2v) is 4.32. The number of hydrogen-bond donors (Lipinski definition) is 2. The molecule has 0 heterocycles. The smallest absolute Gasteiger partial charge is 0.320 e. The lowest BCUT2D eigenvalue weighted by Crippen LogP contribution is -2.30. The van der Waals surface area contributed by atoms with E-state index in [0.29, 0.717) is 11.4 Å². The maximum atomic E-state index is 10.7. The normalized spacial score (nSPS) is 15.5. The molecule has 0 radical (unpaired) electrons. The lowest BCUT2D eigenvalue weighted by atomic mass is 10.0. The van der Waals surface area contributed by atoms with E-state index in [9.17, 15) is 4.79 Å². The Hall–Kier alpha value is -1.32. The molecule has 3 nitrogen and oxygen atoms in total. The molecule has 0 aromatic heterocycles. The highest BCUT2D eigenvalue weighted by atomic mass is 35.5. The predicted octanol–water partition coefficient (Wildman–Crippen LogP) is 2.08. The van der Waals surface area contributed by atoms with Crippen molar-refractivity contribution in [3.8, 4) is 0 Å². The van der Waals surface area contributed by atoms with E-state index in [4.69, 9.17) is 22.4 Å². The SMILES string of the molecule is NC(CC1=CCc2cc(Cl)ccc21)C(=O)O. The maximum Gasteiger partial charge on any atom is 0.320 e. The summed E-state index contributed by atoms with van der Waals surface area (Å²) in [5, 5.41) is 9.47. The quantitative estimate of drug-likeness (QED) is 0.846. The van der Waals surface area contributed by atoms with Crippen LogP contribution in [0.3, 0.4) is 0 Å². The molecule has 3 N–H and O–H groups in total. The summed E-state index contributed by atoms with van der Waals surface area (Å²) in [4.78, 5) is 10.7. The molecule has 0 spiro atoms. The molecule has 1 aliphatic rings. The molecule has 2 rings (SSSR count). The lowest BCUT2D eigenvalue weighted by Gasteiger charge is -2.09. The summed E-state index contributed by atoms with van der Waals surface area (Å²) < 4.78 is 0. The summed E-state index contributed by atoms with van der Waals surface area (Å²) in [5.74, 6) is -0.969. The maximum absolute atomic E-state index is 10.7. The van der Waals surface area contributed by atoms with E-state index >= 15 is 0 Å². The first kappa shape index (κ1) is 11.2. The minimum absolute atomic E-state index is 0.365. The first-order valence-electron chi connectivity index (χ1n) is 5.04. The van der Waals surface area contributed by atoms with Gasteiger partial charge in [-0.1, -0.05) is 23.7 Å². The van der Waals surface area contributed by atoms with Gasteiger partial charge in [0.2, 0.25) is 0 Å². The number of benzene rings is 1. The second-order valence-electron chi connectivity index (χ2n) is 3.88. The van der Waals surface area contributed by atoms with E-state index in [1.165, 1.54) is 0 Å². The molecule has 0 saturated carbocycles. The third-order valence-corrected chi connectivity index (χ3v) is 2.97. The Morgan fingerprint density at radius 1 is 1.56 bits per heavy atom. The van der Waals surface area contributed by atoms with E-state index in [1.807, 2.05) is 24.3 Å². The molecule has 0 bridgehead atoms. The van der Waals surface area contributed by atoms with Gasteiger partial charge in [-0.05, 0) is 41.7 Å². The Bertz CT molecular complexity index is 468. The Kier molecular flexibility index (Phi) is 2.99. The molecule has 0 fully saturated rings. The summed E-state index contributed by atoms with van der Waals surface area (Å²) in [6, 6.07) is 4.80. The number of fused-ring (bicyclic) bond motifs is 1. The average Bonchev–Trinajstić information content (AvgIpc) is 2.60. The van der Waals surface area contributed by atoms with E-state index in [0.717, 1.165) is 23.1 Å². The van der Waals surface area contributed by atoms with Crippen molar-refractivity contribution >= 4 is 23.1 Å². The molecule has 0 saturated heterocycles. The Morgan fingerprint density at radius 3 is 3.00 bits per heavy atom. The number of halogens is 1. The summed E-state index contributed by atoms with van der Waals surface area (Å²) in [5.41, 5.74) is 8.73. The summed E-state index contributed by atoms with van der Waals surface area (Å²) in [6.07, 6.45) is 3.19. The highest BCUT2D eigenvalue weighted by Crippen LogP contribution is 2.32. The number of carboxylic acids is 1. The van der Waals surface area contributed by atoms with Crippen LogP contribution in [-0.4, -0.2) is 17.1 Å². The first-order valence-corrected chi connectivity index (χ1v) is 5.42. The van der Waals surface area contributed by atoms with Gasteiger partial charge in [0.25, 0.3) is 0 Å². The van der Waals surface area contributed by atoms with Gasteiger partial charge in [0, 0.05) is 5.02 Å². The first-order chi connectivity index (χ1) is 7.58. The molecule has 1 atom stereocenters. The minimum atomic E-state index is -0.969. The number of nitrogens with two attached hydrogens (primary N) is 1.